The Hall–Kier alpha value is -8.65. The maximum Gasteiger partial charge on any atom is 1.00 e. The first-order chi connectivity index (χ1) is 52.5. The number of unbranched alkanes of at least 4 members (excludes halogenated alkanes) is 5. The highest BCUT2D eigenvalue weighted by atomic mass is 32.2. The van der Waals surface area contributed by atoms with Crippen LogP contribution in [0.3, 0.4) is 0 Å². The number of carbonyl (C=O) groups excluding carboxylic acids is 8. The molecule has 0 bridgehead atoms. The van der Waals surface area contributed by atoms with Crippen LogP contribution < -0.4 is 55.7 Å². The number of nitrogens with one attached hydrogen (secondary N) is 6. The number of ether oxygens (including phenoxy) is 3. The second-order valence-corrected chi connectivity index (χ2v) is 29.5. The van der Waals surface area contributed by atoms with Crippen LogP contribution >= 0.6 is 12.3 Å². The number of fused-ring (bicyclic) bond motifs is 2. The summed E-state index contributed by atoms with van der Waals surface area (Å²) in [7, 11) is 6.23. The predicted octanol–water partition coefficient (Wildman–Crippen LogP) is 1.68. The maximum atomic E-state index is 15.1. The number of methoxy groups -OCH3 is 1. The zero-order valence-electron chi connectivity index (χ0n) is 64.8. The van der Waals surface area contributed by atoms with Crippen molar-refractivity contribution in [2.45, 2.75) is 184 Å². The number of β-amino-alcohol motifs (C(OH)–C–C–N with tert-alkyl or cyclic N) is 1. The van der Waals surface area contributed by atoms with E-state index in [0.717, 1.165) is 95.2 Å². The Morgan fingerprint density at radius 2 is 1.31 bits per heavy atom. The molecule has 0 aromatic heterocycles. The van der Waals surface area contributed by atoms with Crippen molar-refractivity contribution in [1.82, 2.24) is 41.7 Å². The molecular weight excluding hydrogens is 1450 g/mol. The number of alkyl carbamates (subject to hydrolysis) is 1. The van der Waals surface area contributed by atoms with Crippen molar-refractivity contribution in [3.63, 3.8) is 0 Å². The summed E-state index contributed by atoms with van der Waals surface area (Å²) in [5.41, 5.74) is 2.63. The van der Waals surface area contributed by atoms with Gasteiger partial charge in [-0.05, 0) is 113 Å². The number of carbonyl (C=O) groups is 8. The number of quaternary nitrogens is 1. The molecule has 4 heterocycles. The molecule has 4 aliphatic rings. The summed E-state index contributed by atoms with van der Waals surface area (Å²) >= 11 is 0.0282. The molecule has 0 radical (unpaired) electrons. The van der Waals surface area contributed by atoms with Crippen molar-refractivity contribution < 1.29 is 113 Å². The number of hydrogen-bond acceptors (Lipinski definition) is 25. The molecule has 13 N–H and O–H groups in total. The minimum atomic E-state index is -2.19. The first kappa shape index (κ1) is 88.6. The highest BCUT2D eigenvalue weighted by Crippen LogP contribution is 2.31. The number of aliphatic hydroxyl groups is 6. The molecule has 110 heavy (non-hydrogen) atoms. The van der Waals surface area contributed by atoms with E-state index < -0.39 is 183 Å². The van der Waals surface area contributed by atoms with E-state index in [4.69, 9.17) is 23.7 Å². The first-order valence-electron chi connectivity index (χ1n) is 37.4. The van der Waals surface area contributed by atoms with Crippen LogP contribution in [-0.4, -0.2) is 270 Å². The van der Waals surface area contributed by atoms with E-state index in [9.17, 15) is 69.3 Å². The lowest BCUT2D eigenvalue weighted by atomic mass is 9.98. The minimum Gasteiger partial charge on any atom is -0.870 e. The first-order valence-corrected chi connectivity index (χ1v) is 38.1. The quantitative estimate of drug-likeness (QED) is 0.0116. The molecule has 0 aliphatic carbocycles. The van der Waals surface area contributed by atoms with Crippen molar-refractivity contribution in [2.75, 3.05) is 103 Å². The van der Waals surface area contributed by atoms with Crippen LogP contribution in [0.2, 0.25) is 0 Å². The molecule has 0 spiro atoms. The number of rotatable bonds is 30. The van der Waals surface area contributed by atoms with Gasteiger partial charge in [0.1, 0.15) is 54.4 Å². The minimum absolute atomic E-state index is 0. The zero-order chi connectivity index (χ0) is 80.2. The summed E-state index contributed by atoms with van der Waals surface area (Å²) in [6, 6.07) is 15.8. The molecule has 33 nitrogen and oxygen atoms in total. The molecule has 13 atom stereocenters. The van der Waals surface area contributed by atoms with Crippen LogP contribution in [-0.2, 0) is 60.6 Å². The summed E-state index contributed by atoms with van der Waals surface area (Å²) in [4.78, 5) is 122. The lowest BCUT2D eigenvalue weighted by Crippen LogP contribution is -2.64. The Labute approximate surface area is 647 Å². The monoisotopic (exact) mass is 1560 g/mol. The zero-order valence-corrected chi connectivity index (χ0v) is 64.6. The van der Waals surface area contributed by atoms with Crippen molar-refractivity contribution in [3.05, 3.63) is 114 Å². The third-order valence-electron chi connectivity index (χ3n) is 20.5. The Bertz CT molecular complexity index is 3590. The standard InChI is InChI=1S/C69H94N10O22S.C7H18N/c1-41-38-79-60(61(41)86)66(91)71-37-48(81)35-51(72-62(87)45-16-18-46(19-17-45)76-27-29-77(30-28-76)47-20-22-50(23-21-47)97-32-12-7-5-4-6-11-31-96-3)63(88)73-57(42(2)80)67(92)78-39-49(82)36-52(78)64(89)74-58(55(85)33-44-15-24-53(83)56(34-44)99-102-101-100-95)65(90)75-59(68(79)93)54(84)25-26-70-69(94)98-40-43-13-9-8-10-14-43;1-6-8(4,5)7(2)3/h8-10,13-24,34,41-42,48-49,51-52,54-55,57-61,80-86,95H,4-7,11-12,25-33,35-40H2,1-3H3,(H,70,94)(H,71,91)(H,72,87)(H,73,88)(H,74,89)(H,75,90);7H,6H2,1-5H3/q;+1/t41?,42?,48-,49?,51-,52?,54+,55+,57?,58?,59-,60?,61-;/m0./s1. The largest absolute Gasteiger partial charge is 1.00 e. The normalized spacial score (nSPS) is 23.4. The van der Waals surface area contributed by atoms with Gasteiger partial charge in [0.05, 0.1) is 69.9 Å². The topological polar surface area (TPSA) is 442 Å². The van der Waals surface area contributed by atoms with Gasteiger partial charge in [-0.1, -0.05) is 90.2 Å². The Kier molecular flexibility index (Phi) is 35.3. The molecule has 4 fully saturated rings. The van der Waals surface area contributed by atoms with E-state index in [1.807, 2.05) is 24.3 Å². The molecule has 8 rings (SSSR count). The van der Waals surface area contributed by atoms with E-state index in [1.165, 1.54) is 38.1 Å². The SMILES string of the molecule is CC[N+](C)(C)C(C)C.COCCCCCCCCOc1ccc(N2CCN(c3ccc(C(=O)N[C@H]4C[C@H](O)CNC(=O)C5[C@@H](O)C(C)CN5C(=O)[C@H]([C@H](O)CCNC(=O)OCc5ccccc5)NC(=O)C([C@H](O)Cc5ccc([O-])c(OSOOO)c5)NC(=O)C5CC(O)CN5C(=O)C(C(C)O)NC4=O)cc3)CC2)cc1.[H+]. The van der Waals surface area contributed by atoms with Gasteiger partial charge < -0.3 is 110 Å². The summed E-state index contributed by atoms with van der Waals surface area (Å²) in [5, 5.41) is 109. The second kappa shape index (κ2) is 43.8. The average Bonchev–Trinajstić information content (AvgIpc) is 1.66. The van der Waals surface area contributed by atoms with E-state index in [2.05, 4.69) is 85.9 Å². The Morgan fingerprint density at radius 3 is 1.92 bits per heavy atom. The average molecular weight is 1560 g/mol. The number of amides is 8. The molecule has 4 aliphatic heterocycles. The van der Waals surface area contributed by atoms with Crippen molar-refractivity contribution in [2.24, 2.45) is 5.92 Å². The fourth-order valence-corrected chi connectivity index (χ4v) is 13.3. The Balaban J connectivity index is 0.00000202. The number of nitrogens with zero attached hydrogens (tertiary/aromatic N) is 5. The van der Waals surface area contributed by atoms with Crippen LogP contribution in [0.4, 0.5) is 16.2 Å². The van der Waals surface area contributed by atoms with E-state index in [1.54, 1.807) is 49.6 Å². The summed E-state index contributed by atoms with van der Waals surface area (Å²) < 4.78 is 26.9. The number of benzene rings is 4. The van der Waals surface area contributed by atoms with Gasteiger partial charge in [0.25, 0.3) is 18.2 Å². The number of anilines is 2. The second-order valence-electron chi connectivity index (χ2n) is 29.0. The van der Waals surface area contributed by atoms with Crippen LogP contribution in [0, 0.1) is 5.92 Å². The molecule has 4 aromatic rings. The van der Waals surface area contributed by atoms with Crippen LogP contribution in [0.25, 0.3) is 0 Å². The fraction of sp³-hybridized carbons (Fsp3) is 0.579. The summed E-state index contributed by atoms with van der Waals surface area (Å²) in [6.45, 7) is 12.5. The van der Waals surface area contributed by atoms with Gasteiger partial charge in [0.2, 0.25) is 35.4 Å². The van der Waals surface area contributed by atoms with Crippen molar-refractivity contribution >= 4 is 71.1 Å². The fourth-order valence-electron chi connectivity index (χ4n) is 13.0. The van der Waals surface area contributed by atoms with Gasteiger partial charge in [-0.25, -0.2) is 10.1 Å². The smallest absolute Gasteiger partial charge is 0.870 e. The predicted molar refractivity (Wildman–Crippen MR) is 404 cm³/mol. The molecule has 608 valence electrons. The highest BCUT2D eigenvalue weighted by Gasteiger charge is 2.50. The maximum absolute atomic E-state index is 15.1. The van der Waals surface area contributed by atoms with Gasteiger partial charge in [0, 0.05) is 108 Å². The molecule has 34 heteroatoms. The third-order valence-corrected chi connectivity index (χ3v) is 20.9. The number of hydrogen-bond donors (Lipinski definition) is 13. The van der Waals surface area contributed by atoms with Gasteiger partial charge >= 0.3 is 7.52 Å². The Morgan fingerprint density at radius 1 is 0.700 bits per heavy atom. The highest BCUT2D eigenvalue weighted by molar-refractivity contribution is 7.90. The molecular formula is C76H112N11O22S+. The van der Waals surface area contributed by atoms with Crippen molar-refractivity contribution in [1.29, 1.82) is 0 Å². The molecule has 4 saturated heterocycles. The van der Waals surface area contributed by atoms with E-state index >= 15 is 4.79 Å². The van der Waals surface area contributed by atoms with Crippen LogP contribution in [0.1, 0.15) is 115 Å². The molecule has 8 amide bonds. The molecule has 7 unspecified atom stereocenters. The number of piperazine rings is 1. The third kappa shape index (κ3) is 26.2. The van der Waals surface area contributed by atoms with Gasteiger partial charge in [-0.15, -0.1) is 0 Å². The van der Waals surface area contributed by atoms with E-state index in [0.29, 0.717) is 38.3 Å². The van der Waals surface area contributed by atoms with Crippen LogP contribution in [0.5, 0.6) is 17.2 Å². The lowest BCUT2D eigenvalue weighted by Gasteiger charge is -2.37. The molecule has 4 aromatic carbocycles. The van der Waals surface area contributed by atoms with Crippen LogP contribution in [0.15, 0.2) is 97.1 Å². The summed E-state index contributed by atoms with van der Waals surface area (Å²) in [6.07, 6.45) is -7.20. The van der Waals surface area contributed by atoms with Gasteiger partial charge in [-0.3, -0.25) is 33.6 Å². The molecule has 0 saturated carbocycles. The summed E-state index contributed by atoms with van der Waals surface area (Å²) in [5.74, 6) is -9.19. The van der Waals surface area contributed by atoms with E-state index in [-0.39, 0.29) is 38.0 Å². The van der Waals surface area contributed by atoms with Crippen molar-refractivity contribution in [3.8, 4) is 17.2 Å². The number of aliphatic hydroxyl groups excluding tert-OH is 6. The van der Waals surface area contributed by atoms with Gasteiger partial charge in [0.15, 0.2) is 0 Å². The lowest BCUT2D eigenvalue weighted by molar-refractivity contribution is -0.909. The van der Waals surface area contributed by atoms with Gasteiger partial charge in [-0.2, -0.15) is 0 Å².